The number of benzene rings is 1. The number of carbonyl (C=O) groups is 2. The zero-order valence-corrected chi connectivity index (χ0v) is 9.96. The summed E-state index contributed by atoms with van der Waals surface area (Å²) in [6.07, 6.45) is 3.51. The van der Waals surface area contributed by atoms with Gasteiger partial charge in [0.15, 0.2) is 0 Å². The summed E-state index contributed by atoms with van der Waals surface area (Å²) < 4.78 is 5.10. The molecule has 1 amide bonds. The lowest BCUT2D eigenvalue weighted by molar-refractivity contribution is -0.105. The van der Waals surface area contributed by atoms with Gasteiger partial charge in [0.1, 0.15) is 12.9 Å². The Morgan fingerprint density at radius 2 is 2.17 bits per heavy atom. The van der Waals surface area contributed by atoms with Gasteiger partial charge < -0.3 is 10.1 Å². The van der Waals surface area contributed by atoms with Crippen molar-refractivity contribution < 1.29 is 14.3 Å². The third-order valence-corrected chi connectivity index (χ3v) is 2.83. The number of nitrogens with one attached hydrogen (secondary N) is 1. The average molecular weight is 245 g/mol. The molecule has 0 spiro atoms. The Labute approximate surface area is 106 Å². The highest BCUT2D eigenvalue weighted by molar-refractivity contribution is 5.75. The van der Waals surface area contributed by atoms with Crippen molar-refractivity contribution in [3.63, 3.8) is 0 Å². The van der Waals surface area contributed by atoms with E-state index in [1.165, 1.54) is 0 Å². The lowest BCUT2D eigenvalue weighted by Gasteiger charge is -2.12. The second kappa shape index (κ2) is 6.00. The van der Waals surface area contributed by atoms with E-state index in [-0.39, 0.29) is 12.6 Å². The largest absolute Gasteiger partial charge is 0.445 e. The zero-order chi connectivity index (χ0) is 12.8. The monoisotopic (exact) mass is 245 g/mol. The summed E-state index contributed by atoms with van der Waals surface area (Å²) in [5.74, 6) is 0. The third kappa shape index (κ3) is 3.45. The van der Waals surface area contributed by atoms with Crippen LogP contribution in [0.5, 0.6) is 0 Å². The van der Waals surface area contributed by atoms with Gasteiger partial charge in [-0.05, 0) is 24.0 Å². The molecule has 1 aromatic carbocycles. The van der Waals surface area contributed by atoms with Crippen LogP contribution in [0.4, 0.5) is 4.79 Å². The van der Waals surface area contributed by atoms with Crippen molar-refractivity contribution in [3.05, 3.63) is 47.5 Å². The maximum atomic E-state index is 11.5. The number of hydrogen-bond donors (Lipinski definition) is 1. The summed E-state index contributed by atoms with van der Waals surface area (Å²) in [7, 11) is 0. The van der Waals surface area contributed by atoms with Crippen LogP contribution in [0.3, 0.4) is 0 Å². The van der Waals surface area contributed by atoms with Crippen molar-refractivity contribution in [2.75, 3.05) is 0 Å². The van der Waals surface area contributed by atoms with E-state index in [1.807, 2.05) is 36.4 Å². The highest BCUT2D eigenvalue weighted by atomic mass is 16.5. The van der Waals surface area contributed by atoms with Crippen LogP contribution in [0.15, 0.2) is 42.0 Å². The lowest BCUT2D eigenvalue weighted by Crippen LogP contribution is -2.33. The first kappa shape index (κ1) is 12.4. The van der Waals surface area contributed by atoms with Crippen LogP contribution in [-0.2, 0) is 16.1 Å². The van der Waals surface area contributed by atoms with Crippen LogP contribution in [0.1, 0.15) is 18.4 Å². The summed E-state index contributed by atoms with van der Waals surface area (Å²) >= 11 is 0. The van der Waals surface area contributed by atoms with Crippen LogP contribution in [0.25, 0.3) is 0 Å². The second-order valence-corrected chi connectivity index (χ2v) is 4.24. The fourth-order valence-corrected chi connectivity index (χ4v) is 1.88. The van der Waals surface area contributed by atoms with Gasteiger partial charge in [0.2, 0.25) is 0 Å². The molecule has 1 atom stereocenters. The molecule has 0 heterocycles. The first-order valence-corrected chi connectivity index (χ1v) is 5.89. The topological polar surface area (TPSA) is 55.4 Å². The van der Waals surface area contributed by atoms with Gasteiger partial charge in [-0.2, -0.15) is 0 Å². The Bertz CT molecular complexity index is 453. The molecule has 0 aliphatic heterocycles. The maximum Gasteiger partial charge on any atom is 0.407 e. The predicted molar refractivity (Wildman–Crippen MR) is 66.9 cm³/mol. The molecule has 0 bridgehead atoms. The predicted octanol–water partition coefficient (Wildman–Crippen LogP) is 2.20. The summed E-state index contributed by atoms with van der Waals surface area (Å²) in [5, 5.41) is 2.74. The zero-order valence-electron chi connectivity index (χ0n) is 9.96. The molecule has 0 radical (unpaired) electrons. The van der Waals surface area contributed by atoms with E-state index in [4.69, 9.17) is 4.74 Å². The van der Waals surface area contributed by atoms with Gasteiger partial charge in [-0.25, -0.2) is 4.79 Å². The van der Waals surface area contributed by atoms with Crippen molar-refractivity contribution in [1.29, 1.82) is 0 Å². The minimum atomic E-state index is -0.440. The molecule has 1 aromatic rings. The third-order valence-electron chi connectivity index (χ3n) is 2.83. The Morgan fingerprint density at radius 3 is 2.83 bits per heavy atom. The van der Waals surface area contributed by atoms with Gasteiger partial charge in [0.05, 0.1) is 0 Å². The van der Waals surface area contributed by atoms with Gasteiger partial charge in [-0.15, -0.1) is 0 Å². The molecule has 1 aliphatic rings. The van der Waals surface area contributed by atoms with Gasteiger partial charge in [0, 0.05) is 6.04 Å². The van der Waals surface area contributed by atoms with Crippen molar-refractivity contribution in [3.8, 4) is 0 Å². The first-order valence-electron chi connectivity index (χ1n) is 5.89. The van der Waals surface area contributed by atoms with Crippen LogP contribution in [0.2, 0.25) is 0 Å². The Kier molecular flexibility index (Phi) is 4.12. The molecule has 0 unspecified atom stereocenters. The molecule has 1 aliphatic carbocycles. The summed E-state index contributed by atoms with van der Waals surface area (Å²) in [4.78, 5) is 22.1. The van der Waals surface area contributed by atoms with Crippen molar-refractivity contribution in [1.82, 2.24) is 5.32 Å². The highest BCUT2D eigenvalue weighted by Gasteiger charge is 2.18. The van der Waals surface area contributed by atoms with E-state index in [1.54, 1.807) is 0 Å². The Hall–Kier alpha value is -2.10. The number of aldehydes is 1. The van der Waals surface area contributed by atoms with Gasteiger partial charge in [0.25, 0.3) is 0 Å². The maximum absolute atomic E-state index is 11.5. The van der Waals surface area contributed by atoms with Crippen LogP contribution in [-0.4, -0.2) is 18.4 Å². The molecule has 94 valence electrons. The number of rotatable bonds is 4. The summed E-state index contributed by atoms with van der Waals surface area (Å²) in [5.41, 5.74) is 1.69. The number of ether oxygens (including phenoxy) is 1. The first-order chi connectivity index (χ1) is 8.78. The van der Waals surface area contributed by atoms with Crippen LogP contribution in [0, 0.1) is 0 Å². The molecular weight excluding hydrogens is 230 g/mol. The Morgan fingerprint density at radius 1 is 1.39 bits per heavy atom. The van der Waals surface area contributed by atoms with Crippen LogP contribution < -0.4 is 5.32 Å². The average Bonchev–Trinajstić information content (AvgIpc) is 2.85. The lowest BCUT2D eigenvalue weighted by atomic mass is 10.2. The van der Waals surface area contributed by atoms with E-state index in [9.17, 15) is 9.59 Å². The molecule has 0 saturated carbocycles. The summed E-state index contributed by atoms with van der Waals surface area (Å²) in [6, 6.07) is 9.48. The molecule has 1 N–H and O–H groups in total. The van der Waals surface area contributed by atoms with E-state index < -0.39 is 6.09 Å². The molecule has 18 heavy (non-hydrogen) atoms. The molecule has 0 saturated heterocycles. The van der Waals surface area contributed by atoms with E-state index >= 15 is 0 Å². The molecule has 4 heteroatoms. The fourth-order valence-electron chi connectivity index (χ4n) is 1.88. The number of carbonyl (C=O) groups excluding carboxylic acids is 2. The fraction of sp³-hybridized carbons (Fsp3) is 0.286. The number of hydrogen-bond acceptors (Lipinski definition) is 3. The SMILES string of the molecule is O=CC1=CC[C@H](NC(=O)OCc2ccccc2)C1. The van der Waals surface area contributed by atoms with E-state index in [0.29, 0.717) is 12.8 Å². The van der Waals surface area contributed by atoms with Gasteiger partial charge in [-0.3, -0.25) is 4.79 Å². The molecular formula is C14H15NO3. The Balaban J connectivity index is 1.72. The van der Waals surface area contributed by atoms with Crippen molar-refractivity contribution in [2.45, 2.75) is 25.5 Å². The normalized spacial score (nSPS) is 18.0. The standard InChI is InChI=1S/C14H15NO3/c16-9-12-6-7-13(8-12)15-14(17)18-10-11-4-2-1-3-5-11/h1-6,9,13H,7-8,10H2,(H,15,17)/t13-/m0/s1. The number of alkyl carbamates (subject to hydrolysis) is 1. The van der Waals surface area contributed by atoms with Crippen molar-refractivity contribution in [2.24, 2.45) is 0 Å². The molecule has 0 fully saturated rings. The second-order valence-electron chi connectivity index (χ2n) is 4.24. The highest BCUT2D eigenvalue weighted by Crippen LogP contribution is 2.16. The minimum absolute atomic E-state index is 0.0199. The number of amides is 1. The molecule has 4 nitrogen and oxygen atoms in total. The van der Waals surface area contributed by atoms with Crippen LogP contribution >= 0.6 is 0 Å². The van der Waals surface area contributed by atoms with E-state index in [2.05, 4.69) is 5.32 Å². The smallest absolute Gasteiger partial charge is 0.407 e. The van der Waals surface area contributed by atoms with E-state index in [0.717, 1.165) is 17.4 Å². The van der Waals surface area contributed by atoms with Gasteiger partial charge >= 0.3 is 6.09 Å². The molecule has 0 aromatic heterocycles. The van der Waals surface area contributed by atoms with Crippen molar-refractivity contribution >= 4 is 12.4 Å². The van der Waals surface area contributed by atoms with Gasteiger partial charge in [-0.1, -0.05) is 36.4 Å². The summed E-state index contributed by atoms with van der Waals surface area (Å²) in [6.45, 7) is 0.257. The quantitative estimate of drug-likeness (QED) is 0.827. The minimum Gasteiger partial charge on any atom is -0.445 e. The molecule has 2 rings (SSSR count).